The second-order valence-electron chi connectivity index (χ2n) is 7.19. The number of nitrogens with one attached hydrogen (secondary N) is 2. The Labute approximate surface area is 166 Å². The maximum absolute atomic E-state index is 13.9. The molecule has 150 valence electrons. The van der Waals surface area contributed by atoms with Gasteiger partial charge in [-0.2, -0.15) is 0 Å². The molecule has 6 nitrogen and oxygen atoms in total. The second kappa shape index (κ2) is 9.39. The highest BCUT2D eigenvalue weighted by Crippen LogP contribution is 2.20. The van der Waals surface area contributed by atoms with Gasteiger partial charge in [0.15, 0.2) is 17.6 Å². The normalized spacial score (nSPS) is 16.9. The number of guanidine groups is 1. The Morgan fingerprint density at radius 1 is 1.29 bits per heavy atom. The number of aliphatic imine (C=N–C) groups is 1. The van der Waals surface area contributed by atoms with Crippen LogP contribution in [-0.4, -0.2) is 57.8 Å². The molecular formula is C21H29FN6. The highest BCUT2D eigenvalue weighted by Gasteiger charge is 2.25. The van der Waals surface area contributed by atoms with Gasteiger partial charge in [0.05, 0.1) is 0 Å². The summed E-state index contributed by atoms with van der Waals surface area (Å²) in [6.45, 7) is 2.29. The fraction of sp³-hybridized carbons (Fsp3) is 0.429. The molecule has 0 aliphatic carbocycles. The van der Waals surface area contributed by atoms with Crippen LogP contribution in [0.25, 0.3) is 0 Å². The fourth-order valence-electron chi connectivity index (χ4n) is 3.35. The van der Waals surface area contributed by atoms with Crippen LogP contribution in [0.4, 0.5) is 15.9 Å². The van der Waals surface area contributed by atoms with E-state index in [0.717, 1.165) is 31.9 Å². The number of hydrogen-bond donors (Lipinski definition) is 2. The Bertz CT molecular complexity index is 790. The summed E-state index contributed by atoms with van der Waals surface area (Å²) in [5.41, 5.74) is 2.48. The molecule has 1 aromatic heterocycles. The van der Waals surface area contributed by atoms with E-state index in [2.05, 4.69) is 49.8 Å². The van der Waals surface area contributed by atoms with E-state index >= 15 is 0 Å². The lowest BCUT2D eigenvalue weighted by molar-refractivity contribution is 0.612. The van der Waals surface area contributed by atoms with Crippen molar-refractivity contribution in [1.82, 2.24) is 15.6 Å². The Morgan fingerprint density at radius 3 is 2.75 bits per heavy atom. The first kappa shape index (κ1) is 19.9. The van der Waals surface area contributed by atoms with Crippen LogP contribution in [0.2, 0.25) is 0 Å². The van der Waals surface area contributed by atoms with E-state index in [4.69, 9.17) is 0 Å². The van der Waals surface area contributed by atoms with E-state index in [0.29, 0.717) is 12.4 Å². The average Bonchev–Trinajstić information content (AvgIpc) is 3.16. The van der Waals surface area contributed by atoms with Crippen LogP contribution in [0.5, 0.6) is 0 Å². The van der Waals surface area contributed by atoms with Gasteiger partial charge in [-0.15, -0.1) is 0 Å². The molecule has 2 heterocycles. The Balaban J connectivity index is 1.45. The number of pyridine rings is 1. The summed E-state index contributed by atoms with van der Waals surface area (Å²) >= 11 is 0. The molecule has 2 aromatic rings. The second-order valence-corrected chi connectivity index (χ2v) is 7.19. The average molecular weight is 385 g/mol. The minimum atomic E-state index is -0.272. The summed E-state index contributed by atoms with van der Waals surface area (Å²) < 4.78 is 13.9. The third-order valence-corrected chi connectivity index (χ3v) is 4.95. The molecule has 0 saturated carbocycles. The van der Waals surface area contributed by atoms with Crippen LogP contribution < -0.4 is 20.4 Å². The van der Waals surface area contributed by atoms with Gasteiger partial charge in [0.2, 0.25) is 0 Å². The summed E-state index contributed by atoms with van der Waals surface area (Å²) in [4.78, 5) is 12.6. The van der Waals surface area contributed by atoms with E-state index < -0.39 is 0 Å². The van der Waals surface area contributed by atoms with Crippen molar-refractivity contribution in [3.05, 3.63) is 54.0 Å². The molecule has 3 rings (SSSR count). The van der Waals surface area contributed by atoms with Crippen molar-refractivity contribution in [1.29, 1.82) is 0 Å². The van der Waals surface area contributed by atoms with Crippen LogP contribution in [0.15, 0.2) is 47.6 Å². The molecule has 0 amide bonds. The zero-order valence-electron chi connectivity index (χ0n) is 16.8. The first-order valence-corrected chi connectivity index (χ1v) is 9.65. The lowest BCUT2D eigenvalue weighted by Gasteiger charge is -2.20. The molecule has 2 N–H and O–H groups in total. The molecule has 1 atom stereocenters. The van der Waals surface area contributed by atoms with Gasteiger partial charge in [0.1, 0.15) is 0 Å². The third kappa shape index (κ3) is 5.12. The lowest BCUT2D eigenvalue weighted by atomic mass is 10.1. The van der Waals surface area contributed by atoms with Gasteiger partial charge in [0, 0.05) is 58.7 Å². The zero-order valence-corrected chi connectivity index (χ0v) is 16.8. The summed E-state index contributed by atoms with van der Waals surface area (Å²) in [6.07, 6.45) is 3.47. The van der Waals surface area contributed by atoms with Crippen molar-refractivity contribution in [3.63, 3.8) is 0 Å². The fourth-order valence-corrected chi connectivity index (χ4v) is 3.35. The quantitative estimate of drug-likeness (QED) is 0.591. The van der Waals surface area contributed by atoms with E-state index in [-0.39, 0.29) is 11.9 Å². The lowest BCUT2D eigenvalue weighted by Crippen LogP contribution is -2.45. The van der Waals surface area contributed by atoms with E-state index in [1.165, 1.54) is 17.3 Å². The molecule has 0 radical (unpaired) electrons. The molecule has 1 aromatic carbocycles. The molecule has 7 heteroatoms. The van der Waals surface area contributed by atoms with Crippen LogP contribution in [0.3, 0.4) is 0 Å². The van der Waals surface area contributed by atoms with Crippen LogP contribution in [0.1, 0.15) is 12.0 Å². The molecule has 28 heavy (non-hydrogen) atoms. The SMILES string of the molecule is CN=C(NCCc1ccc(N(C)C)cc1)NC1CCN(c2ncccc2F)C1. The van der Waals surface area contributed by atoms with E-state index in [1.54, 1.807) is 19.3 Å². The maximum Gasteiger partial charge on any atom is 0.191 e. The monoisotopic (exact) mass is 384 g/mol. The Morgan fingerprint density at radius 2 is 2.07 bits per heavy atom. The zero-order chi connectivity index (χ0) is 19.9. The van der Waals surface area contributed by atoms with Crippen molar-refractivity contribution >= 4 is 17.5 Å². The molecule has 0 spiro atoms. The third-order valence-electron chi connectivity index (χ3n) is 4.95. The number of benzene rings is 1. The van der Waals surface area contributed by atoms with Gasteiger partial charge >= 0.3 is 0 Å². The molecule has 1 unspecified atom stereocenters. The number of halogens is 1. The van der Waals surface area contributed by atoms with Gasteiger partial charge in [-0.3, -0.25) is 4.99 Å². The Hall–Kier alpha value is -2.83. The van der Waals surface area contributed by atoms with Crippen molar-refractivity contribution in [2.45, 2.75) is 18.9 Å². The number of rotatable bonds is 6. The number of anilines is 2. The highest BCUT2D eigenvalue weighted by atomic mass is 19.1. The molecule has 1 aliphatic heterocycles. The predicted molar refractivity (Wildman–Crippen MR) is 114 cm³/mol. The first-order valence-electron chi connectivity index (χ1n) is 9.65. The number of hydrogen-bond acceptors (Lipinski definition) is 4. The summed E-state index contributed by atoms with van der Waals surface area (Å²) in [7, 11) is 5.85. The topological polar surface area (TPSA) is 55.8 Å². The van der Waals surface area contributed by atoms with Crippen molar-refractivity contribution in [3.8, 4) is 0 Å². The first-order chi connectivity index (χ1) is 13.6. The van der Waals surface area contributed by atoms with Crippen molar-refractivity contribution < 1.29 is 4.39 Å². The minimum Gasteiger partial charge on any atom is -0.378 e. The summed E-state index contributed by atoms with van der Waals surface area (Å²) in [6, 6.07) is 11.9. The van der Waals surface area contributed by atoms with Crippen LogP contribution >= 0.6 is 0 Å². The highest BCUT2D eigenvalue weighted by molar-refractivity contribution is 5.80. The Kier molecular flexibility index (Phi) is 6.68. The molecular weight excluding hydrogens is 355 g/mol. The van der Waals surface area contributed by atoms with Gasteiger partial charge in [-0.1, -0.05) is 12.1 Å². The molecule has 1 saturated heterocycles. The maximum atomic E-state index is 13.9. The smallest absolute Gasteiger partial charge is 0.191 e. The summed E-state index contributed by atoms with van der Waals surface area (Å²) in [5.74, 6) is 0.931. The van der Waals surface area contributed by atoms with Crippen molar-refractivity contribution in [2.24, 2.45) is 4.99 Å². The minimum absolute atomic E-state index is 0.215. The van der Waals surface area contributed by atoms with Gasteiger partial charge in [0.25, 0.3) is 0 Å². The standard InChI is InChI=1S/C21H29FN6/c1-23-21(25-13-10-16-6-8-18(9-7-16)27(2)3)26-17-11-14-28(15-17)20-19(22)5-4-12-24-20/h4-9,12,17H,10-11,13-15H2,1-3H3,(H2,23,25,26). The van der Waals surface area contributed by atoms with E-state index in [9.17, 15) is 4.39 Å². The number of aromatic nitrogens is 1. The number of nitrogens with zero attached hydrogens (tertiary/aromatic N) is 4. The van der Waals surface area contributed by atoms with Crippen molar-refractivity contribution in [2.75, 3.05) is 50.6 Å². The van der Waals surface area contributed by atoms with Crippen LogP contribution in [0, 0.1) is 5.82 Å². The largest absolute Gasteiger partial charge is 0.378 e. The van der Waals surface area contributed by atoms with Gasteiger partial charge in [-0.25, -0.2) is 9.37 Å². The van der Waals surface area contributed by atoms with Gasteiger partial charge < -0.3 is 20.4 Å². The summed E-state index contributed by atoms with van der Waals surface area (Å²) in [5, 5.41) is 6.80. The predicted octanol–water partition coefficient (Wildman–Crippen LogP) is 2.27. The molecule has 1 aliphatic rings. The molecule has 1 fully saturated rings. The van der Waals surface area contributed by atoms with E-state index in [1.807, 2.05) is 19.0 Å². The molecule has 0 bridgehead atoms. The van der Waals surface area contributed by atoms with Crippen LogP contribution in [-0.2, 0) is 6.42 Å². The van der Waals surface area contributed by atoms with Gasteiger partial charge in [-0.05, 0) is 42.7 Å².